The van der Waals surface area contributed by atoms with Crippen LogP contribution in [0.25, 0.3) is 0 Å². The van der Waals surface area contributed by atoms with Gasteiger partial charge in [0.1, 0.15) is 12.1 Å². The number of nitrogens with one attached hydrogen (secondary N) is 3. The molecule has 282 valence electrons. The van der Waals surface area contributed by atoms with Gasteiger partial charge < -0.3 is 25.4 Å². The lowest BCUT2D eigenvalue weighted by Gasteiger charge is -2.24. The maximum absolute atomic E-state index is 13.8. The smallest absolute Gasteiger partial charge is 0.243 e. The molecule has 0 saturated carbocycles. The summed E-state index contributed by atoms with van der Waals surface area (Å²) < 4.78 is 11.2. The molecule has 8 nitrogen and oxygen atoms in total. The number of ether oxygens (including phenoxy) is 2. The largest absolute Gasteiger partial charge is 0.354 e. The van der Waals surface area contributed by atoms with Gasteiger partial charge in [-0.05, 0) is 50.7 Å². The van der Waals surface area contributed by atoms with Crippen molar-refractivity contribution in [1.82, 2.24) is 16.0 Å². The zero-order chi connectivity index (χ0) is 36.1. The van der Waals surface area contributed by atoms with E-state index in [0.717, 1.165) is 43.2 Å². The van der Waals surface area contributed by atoms with Crippen molar-refractivity contribution in [3.63, 3.8) is 0 Å². The Morgan fingerprint density at radius 3 is 1.86 bits per heavy atom. The van der Waals surface area contributed by atoms with Gasteiger partial charge >= 0.3 is 0 Å². The van der Waals surface area contributed by atoms with Crippen LogP contribution in [-0.2, 0) is 30.3 Å². The van der Waals surface area contributed by atoms with Gasteiger partial charge in [0.25, 0.3) is 0 Å². The Morgan fingerprint density at radius 2 is 1.28 bits per heavy atom. The van der Waals surface area contributed by atoms with Crippen molar-refractivity contribution in [1.29, 1.82) is 0 Å². The molecule has 3 N–H and O–H groups in total. The van der Waals surface area contributed by atoms with E-state index in [9.17, 15) is 14.4 Å². The van der Waals surface area contributed by atoms with Crippen LogP contribution in [0.2, 0.25) is 0 Å². The first-order chi connectivity index (χ1) is 24.5. The number of hydrogen-bond donors (Lipinski definition) is 3. The Balaban J connectivity index is 1.89. The number of carbonyl (C=O) groups excluding carboxylic acids is 3. The minimum absolute atomic E-state index is 0.115. The topological polar surface area (TPSA) is 106 Å². The van der Waals surface area contributed by atoms with E-state index in [1.54, 1.807) is 0 Å². The maximum atomic E-state index is 13.8. The summed E-state index contributed by atoms with van der Waals surface area (Å²) in [4.78, 5) is 40.4. The average molecular weight is 696 g/mol. The van der Waals surface area contributed by atoms with Crippen molar-refractivity contribution in [2.24, 2.45) is 0 Å². The first-order valence-corrected chi connectivity index (χ1v) is 20.0. The van der Waals surface area contributed by atoms with Crippen molar-refractivity contribution in [3.05, 3.63) is 59.7 Å². The van der Waals surface area contributed by atoms with Crippen LogP contribution in [0, 0.1) is 0 Å². The minimum atomic E-state index is -0.782. The van der Waals surface area contributed by atoms with Gasteiger partial charge in [-0.2, -0.15) is 0 Å². The summed E-state index contributed by atoms with van der Waals surface area (Å²) in [6.07, 6.45) is 26.6. The Kier molecular flexibility index (Phi) is 24.8. The molecule has 0 saturated heterocycles. The summed E-state index contributed by atoms with van der Waals surface area (Å²) in [6, 6.07) is 8.14. The molecule has 1 aliphatic rings. The van der Waals surface area contributed by atoms with E-state index in [4.69, 9.17) is 9.47 Å². The second-order valence-electron chi connectivity index (χ2n) is 13.6. The molecular weight excluding hydrogens is 626 g/mol. The molecular formula is C42H69N3O5. The predicted octanol–water partition coefficient (Wildman–Crippen LogP) is 8.64. The zero-order valence-corrected chi connectivity index (χ0v) is 31.7. The second kappa shape index (κ2) is 28.7. The molecule has 1 aliphatic carbocycles. The zero-order valence-electron chi connectivity index (χ0n) is 31.7. The molecule has 2 atom stereocenters. The number of amides is 3. The van der Waals surface area contributed by atoms with E-state index in [2.05, 4.69) is 35.0 Å². The summed E-state index contributed by atoms with van der Waals surface area (Å²) in [5.41, 5.74) is 1.97. The van der Waals surface area contributed by atoms with Gasteiger partial charge in [0.05, 0.1) is 0 Å². The summed E-state index contributed by atoms with van der Waals surface area (Å²) in [7, 11) is 0. The summed E-state index contributed by atoms with van der Waals surface area (Å²) >= 11 is 0. The lowest BCUT2D eigenvalue weighted by atomic mass is 9.98. The molecule has 0 heterocycles. The van der Waals surface area contributed by atoms with Gasteiger partial charge in [-0.15, -0.1) is 0 Å². The number of allylic oxidation sites excluding steroid dienone is 3. The molecule has 0 radical (unpaired) electrons. The van der Waals surface area contributed by atoms with Gasteiger partial charge in [-0.1, -0.05) is 133 Å². The van der Waals surface area contributed by atoms with Gasteiger partial charge in [0, 0.05) is 45.4 Å². The highest BCUT2D eigenvalue weighted by Gasteiger charge is 2.27. The van der Waals surface area contributed by atoms with Crippen molar-refractivity contribution in [3.8, 4) is 0 Å². The van der Waals surface area contributed by atoms with Crippen molar-refractivity contribution >= 4 is 17.7 Å². The SMILES string of the molecule is CCCCCCCCCCCCCCCC(=O)N[C@@H](CC1=CCCC=C1)C(=O)N[C@@H](Cc1ccccc1)C(=O)NCCCC(OCC)OCC. The highest BCUT2D eigenvalue weighted by Crippen LogP contribution is 2.17. The highest BCUT2D eigenvalue weighted by molar-refractivity contribution is 5.92. The first kappa shape index (κ1) is 43.2. The van der Waals surface area contributed by atoms with Crippen LogP contribution < -0.4 is 16.0 Å². The number of hydrogen-bond acceptors (Lipinski definition) is 5. The lowest BCUT2D eigenvalue weighted by Crippen LogP contribution is -2.54. The van der Waals surface area contributed by atoms with E-state index >= 15 is 0 Å². The third kappa shape index (κ3) is 20.6. The quantitative estimate of drug-likeness (QED) is 0.0552. The average Bonchev–Trinajstić information content (AvgIpc) is 3.12. The second-order valence-corrected chi connectivity index (χ2v) is 13.6. The Morgan fingerprint density at radius 1 is 0.680 bits per heavy atom. The van der Waals surface area contributed by atoms with Crippen molar-refractivity contribution in [2.45, 2.75) is 168 Å². The van der Waals surface area contributed by atoms with Crippen LogP contribution in [-0.4, -0.2) is 55.9 Å². The van der Waals surface area contributed by atoms with E-state index in [1.165, 1.54) is 64.2 Å². The molecule has 0 bridgehead atoms. The van der Waals surface area contributed by atoms with Crippen LogP contribution in [0.5, 0.6) is 0 Å². The molecule has 1 aromatic carbocycles. The molecule has 2 rings (SSSR count). The van der Waals surface area contributed by atoms with Gasteiger partial charge in [0.2, 0.25) is 17.7 Å². The number of unbranched alkanes of at least 4 members (excludes halogenated alkanes) is 12. The molecule has 8 heteroatoms. The normalized spacial score (nSPS) is 13.9. The third-order valence-electron chi connectivity index (χ3n) is 9.21. The van der Waals surface area contributed by atoms with Gasteiger partial charge in [-0.25, -0.2) is 0 Å². The molecule has 0 fully saturated rings. The molecule has 1 aromatic rings. The van der Waals surface area contributed by atoms with E-state index in [-0.39, 0.29) is 24.0 Å². The first-order valence-electron chi connectivity index (χ1n) is 20.0. The summed E-state index contributed by atoms with van der Waals surface area (Å²) in [5.74, 6) is -0.705. The molecule has 0 aliphatic heterocycles. The molecule has 0 unspecified atom stereocenters. The monoisotopic (exact) mass is 696 g/mol. The van der Waals surface area contributed by atoms with E-state index < -0.39 is 12.1 Å². The fourth-order valence-corrected chi connectivity index (χ4v) is 6.36. The fourth-order valence-electron chi connectivity index (χ4n) is 6.36. The van der Waals surface area contributed by atoms with Crippen molar-refractivity contribution < 1.29 is 23.9 Å². The fraction of sp³-hybridized carbons (Fsp3) is 0.690. The van der Waals surface area contributed by atoms with Crippen LogP contribution in [0.1, 0.15) is 148 Å². The van der Waals surface area contributed by atoms with Gasteiger partial charge in [0.15, 0.2) is 6.29 Å². The maximum Gasteiger partial charge on any atom is 0.243 e. The van der Waals surface area contributed by atoms with Crippen molar-refractivity contribution in [2.75, 3.05) is 19.8 Å². The van der Waals surface area contributed by atoms with E-state index in [0.29, 0.717) is 51.9 Å². The standard InChI is InChI=1S/C42H69N3O5/c1-4-7-8-9-10-11-12-13-14-15-16-17-24-30-39(46)44-38(34-36-28-22-19-23-29-36)42(48)45-37(33-35-26-20-18-21-27-35)41(47)43-32-25-31-40(49-5-2)50-6-3/h18,20-22,26-29,37-38,40H,4-17,19,23-25,30-34H2,1-3H3,(H,43,47)(H,44,46)(H,45,48)/t37-,38-/m0/s1. The molecule has 0 aromatic heterocycles. The van der Waals surface area contributed by atoms with Gasteiger partial charge in [-0.3, -0.25) is 14.4 Å². The lowest BCUT2D eigenvalue weighted by molar-refractivity contribution is -0.140. The Labute approximate surface area is 304 Å². The number of rotatable bonds is 30. The van der Waals surface area contributed by atoms with Crippen LogP contribution >= 0.6 is 0 Å². The Hall–Kier alpha value is -2.97. The third-order valence-corrected chi connectivity index (χ3v) is 9.21. The summed E-state index contributed by atoms with van der Waals surface area (Å²) in [6.45, 7) is 7.69. The highest BCUT2D eigenvalue weighted by atomic mass is 16.7. The minimum Gasteiger partial charge on any atom is -0.354 e. The molecule has 0 spiro atoms. The van der Waals surface area contributed by atoms with E-state index in [1.807, 2.05) is 50.3 Å². The number of carbonyl (C=O) groups is 3. The molecule has 50 heavy (non-hydrogen) atoms. The van der Waals surface area contributed by atoms with Crippen LogP contribution in [0.15, 0.2) is 54.1 Å². The van der Waals surface area contributed by atoms with Crippen LogP contribution in [0.4, 0.5) is 0 Å². The van der Waals surface area contributed by atoms with Crippen LogP contribution in [0.3, 0.4) is 0 Å². The molecule has 3 amide bonds. The Bertz CT molecular complexity index is 1100. The number of benzene rings is 1. The predicted molar refractivity (Wildman–Crippen MR) is 205 cm³/mol. The summed E-state index contributed by atoms with van der Waals surface area (Å²) in [5, 5.41) is 9.02.